The van der Waals surface area contributed by atoms with Crippen molar-refractivity contribution >= 4 is 45.3 Å². The van der Waals surface area contributed by atoms with Crippen molar-refractivity contribution in [3.63, 3.8) is 0 Å². The molecule has 6 heteroatoms. The van der Waals surface area contributed by atoms with Crippen LogP contribution < -0.4 is 5.32 Å². The molecule has 1 N–H and O–H groups in total. The molecule has 1 amide bonds. The summed E-state index contributed by atoms with van der Waals surface area (Å²) in [4.78, 5) is 12.6. The van der Waals surface area contributed by atoms with Gasteiger partial charge in [-0.1, -0.05) is 24.3 Å². The van der Waals surface area contributed by atoms with Gasteiger partial charge in [0.2, 0.25) is 5.91 Å². The Labute approximate surface area is 161 Å². The number of carbonyl (C=O) groups is 1. The molecular formula is C21H20N4OS. The highest BCUT2D eigenvalue weighted by molar-refractivity contribution is 7.00. The molecule has 0 saturated heterocycles. The van der Waals surface area contributed by atoms with Gasteiger partial charge < -0.3 is 9.88 Å². The molecule has 0 radical (unpaired) electrons. The normalized spacial score (nSPS) is 13.8. The zero-order chi connectivity index (χ0) is 18.2. The van der Waals surface area contributed by atoms with Gasteiger partial charge in [0, 0.05) is 29.6 Å². The summed E-state index contributed by atoms with van der Waals surface area (Å²) in [5.41, 5.74) is 6.48. The third-order valence-corrected chi connectivity index (χ3v) is 5.95. The summed E-state index contributed by atoms with van der Waals surface area (Å²) in [6.45, 7) is 0.701. The molecule has 27 heavy (non-hydrogen) atoms. The highest BCUT2D eigenvalue weighted by atomic mass is 32.1. The third-order valence-electron chi connectivity index (χ3n) is 5.41. The SMILES string of the molecule is O=C(CCn1c2c(c3ccccc31)CCCC2)Nc1cccc2nsnc12. The van der Waals surface area contributed by atoms with Gasteiger partial charge in [0.1, 0.15) is 11.0 Å². The van der Waals surface area contributed by atoms with Crippen LogP contribution in [-0.4, -0.2) is 19.2 Å². The van der Waals surface area contributed by atoms with E-state index in [1.165, 1.54) is 46.7 Å². The van der Waals surface area contributed by atoms with Crippen molar-refractivity contribution in [2.45, 2.75) is 38.6 Å². The first-order valence-electron chi connectivity index (χ1n) is 9.41. The fourth-order valence-electron chi connectivity index (χ4n) is 4.18. The minimum atomic E-state index is 0.0119. The summed E-state index contributed by atoms with van der Waals surface area (Å²) >= 11 is 1.17. The Balaban J connectivity index is 1.39. The van der Waals surface area contributed by atoms with E-state index in [1.54, 1.807) is 0 Å². The van der Waals surface area contributed by atoms with Gasteiger partial charge in [-0.25, -0.2) is 0 Å². The number of nitrogens with zero attached hydrogens (tertiary/aromatic N) is 3. The Morgan fingerprint density at radius 1 is 1.07 bits per heavy atom. The van der Waals surface area contributed by atoms with Crippen molar-refractivity contribution in [2.24, 2.45) is 0 Å². The highest BCUT2D eigenvalue weighted by Gasteiger charge is 2.20. The van der Waals surface area contributed by atoms with Crippen molar-refractivity contribution in [1.82, 2.24) is 13.3 Å². The average Bonchev–Trinajstić information content (AvgIpc) is 3.30. The molecule has 1 aliphatic rings. The lowest BCUT2D eigenvalue weighted by molar-refractivity contribution is -0.116. The first kappa shape index (κ1) is 16.4. The number of rotatable bonds is 4. The van der Waals surface area contributed by atoms with E-state index in [0.717, 1.165) is 29.6 Å². The molecule has 0 aliphatic heterocycles. The number of fused-ring (bicyclic) bond motifs is 4. The molecule has 0 spiro atoms. The number of aromatic nitrogens is 3. The maximum absolute atomic E-state index is 12.6. The minimum Gasteiger partial charge on any atom is -0.344 e. The maximum atomic E-state index is 12.6. The topological polar surface area (TPSA) is 59.8 Å². The standard InChI is InChI=1S/C21H20N4OS/c26-20(22-16-8-5-9-17-21(16)24-27-23-17)12-13-25-18-10-3-1-6-14(18)15-7-2-4-11-19(15)25/h1,3,5-6,8-10H,2,4,7,11-13H2,(H,22,26). The summed E-state index contributed by atoms with van der Waals surface area (Å²) in [5.74, 6) is 0.0119. The molecular weight excluding hydrogens is 356 g/mol. The second-order valence-corrected chi connectivity index (χ2v) is 7.57. The lowest BCUT2D eigenvalue weighted by atomic mass is 9.95. The number of para-hydroxylation sites is 1. The van der Waals surface area contributed by atoms with Gasteiger partial charge in [0.05, 0.1) is 17.4 Å². The van der Waals surface area contributed by atoms with Gasteiger partial charge in [0.15, 0.2) is 0 Å². The zero-order valence-electron chi connectivity index (χ0n) is 14.9. The molecule has 5 nitrogen and oxygen atoms in total. The lowest BCUT2D eigenvalue weighted by Crippen LogP contribution is -2.16. The largest absolute Gasteiger partial charge is 0.344 e. The molecule has 136 valence electrons. The third kappa shape index (κ3) is 2.90. The van der Waals surface area contributed by atoms with E-state index in [4.69, 9.17) is 0 Å². The van der Waals surface area contributed by atoms with Crippen LogP contribution in [0.1, 0.15) is 30.5 Å². The number of hydrogen-bond acceptors (Lipinski definition) is 4. The van der Waals surface area contributed by atoms with Crippen molar-refractivity contribution < 1.29 is 4.79 Å². The van der Waals surface area contributed by atoms with Crippen LogP contribution in [0.3, 0.4) is 0 Å². The van der Waals surface area contributed by atoms with E-state index in [0.29, 0.717) is 13.0 Å². The smallest absolute Gasteiger partial charge is 0.226 e. The number of benzene rings is 2. The lowest BCUT2D eigenvalue weighted by Gasteiger charge is -2.16. The van der Waals surface area contributed by atoms with Gasteiger partial charge in [0.25, 0.3) is 0 Å². The Bertz CT molecular complexity index is 1140. The molecule has 2 aromatic heterocycles. The predicted molar refractivity (Wildman–Crippen MR) is 109 cm³/mol. The second kappa shape index (κ2) is 6.78. The zero-order valence-corrected chi connectivity index (χ0v) is 15.8. The molecule has 0 bridgehead atoms. The van der Waals surface area contributed by atoms with Crippen molar-refractivity contribution in [3.8, 4) is 0 Å². The Hall–Kier alpha value is -2.73. The van der Waals surface area contributed by atoms with E-state index < -0.39 is 0 Å². The number of anilines is 1. The van der Waals surface area contributed by atoms with E-state index in [9.17, 15) is 4.79 Å². The molecule has 0 fully saturated rings. The van der Waals surface area contributed by atoms with Crippen LogP contribution in [0.4, 0.5) is 5.69 Å². The number of aryl methyl sites for hydroxylation is 2. The Kier molecular flexibility index (Phi) is 4.13. The summed E-state index contributed by atoms with van der Waals surface area (Å²) < 4.78 is 10.9. The molecule has 2 heterocycles. The van der Waals surface area contributed by atoms with Gasteiger partial charge in [-0.2, -0.15) is 8.75 Å². The van der Waals surface area contributed by atoms with Crippen molar-refractivity contribution in [3.05, 3.63) is 53.7 Å². The monoisotopic (exact) mass is 376 g/mol. The number of hydrogen-bond donors (Lipinski definition) is 1. The van der Waals surface area contributed by atoms with Crippen LogP contribution in [0.25, 0.3) is 21.9 Å². The quantitative estimate of drug-likeness (QED) is 0.568. The molecule has 0 atom stereocenters. The maximum Gasteiger partial charge on any atom is 0.226 e. The first-order valence-corrected chi connectivity index (χ1v) is 10.1. The van der Waals surface area contributed by atoms with E-state index >= 15 is 0 Å². The van der Waals surface area contributed by atoms with Crippen LogP contribution in [0.15, 0.2) is 42.5 Å². The summed E-state index contributed by atoms with van der Waals surface area (Å²) in [6, 6.07) is 14.3. The van der Waals surface area contributed by atoms with Gasteiger partial charge in [-0.3, -0.25) is 4.79 Å². The summed E-state index contributed by atoms with van der Waals surface area (Å²) in [7, 11) is 0. The fourth-order valence-corrected chi connectivity index (χ4v) is 4.73. The molecule has 0 unspecified atom stereocenters. The Morgan fingerprint density at radius 2 is 1.96 bits per heavy atom. The predicted octanol–water partition coefficient (Wildman–Crippen LogP) is 4.55. The van der Waals surface area contributed by atoms with Crippen molar-refractivity contribution in [1.29, 1.82) is 0 Å². The van der Waals surface area contributed by atoms with E-state index in [-0.39, 0.29) is 5.91 Å². The highest BCUT2D eigenvalue weighted by Crippen LogP contribution is 2.32. The molecule has 0 saturated carbocycles. The van der Waals surface area contributed by atoms with Crippen molar-refractivity contribution in [2.75, 3.05) is 5.32 Å². The average molecular weight is 376 g/mol. The van der Waals surface area contributed by atoms with Crippen LogP contribution >= 0.6 is 11.7 Å². The number of amides is 1. The Morgan fingerprint density at radius 3 is 2.93 bits per heavy atom. The van der Waals surface area contributed by atoms with E-state index in [2.05, 4.69) is 42.9 Å². The molecule has 2 aromatic carbocycles. The molecule has 1 aliphatic carbocycles. The van der Waals surface area contributed by atoms with E-state index in [1.807, 2.05) is 18.2 Å². The van der Waals surface area contributed by atoms with Gasteiger partial charge >= 0.3 is 0 Å². The van der Waals surface area contributed by atoms with Crippen LogP contribution in [-0.2, 0) is 24.2 Å². The minimum absolute atomic E-state index is 0.0119. The van der Waals surface area contributed by atoms with Crippen LogP contribution in [0, 0.1) is 0 Å². The first-order chi connectivity index (χ1) is 13.3. The fraction of sp³-hybridized carbons (Fsp3) is 0.286. The van der Waals surface area contributed by atoms with Gasteiger partial charge in [-0.05, 0) is 49.4 Å². The summed E-state index contributed by atoms with van der Waals surface area (Å²) in [5, 5.41) is 4.37. The molecule has 5 rings (SSSR count). The number of carbonyl (C=O) groups excluding carboxylic acids is 1. The van der Waals surface area contributed by atoms with Gasteiger partial charge in [-0.15, -0.1) is 0 Å². The van der Waals surface area contributed by atoms with Crippen LogP contribution in [0.5, 0.6) is 0 Å². The molecule has 4 aromatic rings. The second-order valence-electron chi connectivity index (χ2n) is 7.04. The number of nitrogens with one attached hydrogen (secondary N) is 1. The summed E-state index contributed by atoms with van der Waals surface area (Å²) in [6.07, 6.45) is 5.18. The van der Waals surface area contributed by atoms with Crippen LogP contribution in [0.2, 0.25) is 0 Å².